The van der Waals surface area contributed by atoms with Crippen molar-refractivity contribution in [3.63, 3.8) is 0 Å². The van der Waals surface area contributed by atoms with E-state index in [0.29, 0.717) is 16.9 Å². The first kappa shape index (κ1) is 13.2. The summed E-state index contributed by atoms with van der Waals surface area (Å²) in [4.78, 5) is 13.9. The van der Waals surface area contributed by atoms with E-state index in [4.69, 9.17) is 16.3 Å². The van der Waals surface area contributed by atoms with E-state index in [1.807, 2.05) is 7.05 Å². The molecule has 0 unspecified atom stereocenters. The fraction of sp³-hybridized carbons (Fsp3) is 0.500. The van der Waals surface area contributed by atoms with Gasteiger partial charge in [0, 0.05) is 24.5 Å². The molecular weight excluding hydrogens is 250 g/mol. The molecule has 0 spiro atoms. The second-order valence-electron chi connectivity index (χ2n) is 4.85. The maximum absolute atomic E-state index is 12.2. The topological polar surface area (TPSA) is 29.5 Å². The summed E-state index contributed by atoms with van der Waals surface area (Å²) in [5.74, 6) is 1.37. The maximum Gasteiger partial charge on any atom is 0.253 e. The van der Waals surface area contributed by atoms with Gasteiger partial charge in [-0.3, -0.25) is 4.79 Å². The number of rotatable bonds is 4. The van der Waals surface area contributed by atoms with E-state index in [2.05, 4.69) is 0 Å². The lowest BCUT2D eigenvalue weighted by Gasteiger charge is -2.34. The molecule has 2 rings (SSSR count). The molecule has 3 nitrogen and oxygen atoms in total. The lowest BCUT2D eigenvalue weighted by molar-refractivity contribution is 0.0747. The van der Waals surface area contributed by atoms with Crippen molar-refractivity contribution in [1.29, 1.82) is 0 Å². The Labute approximate surface area is 113 Å². The highest BCUT2D eigenvalue weighted by molar-refractivity contribution is 6.21. The number of nitrogens with zero attached hydrogens (tertiary/aromatic N) is 1. The molecular formula is C14H18ClNO2. The zero-order valence-corrected chi connectivity index (χ0v) is 11.5. The van der Waals surface area contributed by atoms with Crippen LogP contribution in [0, 0.1) is 5.92 Å². The van der Waals surface area contributed by atoms with Crippen molar-refractivity contribution in [2.45, 2.75) is 18.2 Å². The third-order valence-corrected chi connectivity index (χ3v) is 3.75. The van der Waals surface area contributed by atoms with Crippen LogP contribution in [-0.4, -0.2) is 36.9 Å². The van der Waals surface area contributed by atoms with E-state index in [0.717, 1.165) is 25.1 Å². The lowest BCUT2D eigenvalue weighted by atomic mass is 9.84. The molecule has 1 aliphatic rings. The highest BCUT2D eigenvalue weighted by Gasteiger charge is 2.29. The summed E-state index contributed by atoms with van der Waals surface area (Å²) in [6.45, 7) is 0.786. The minimum absolute atomic E-state index is 0.0516. The van der Waals surface area contributed by atoms with E-state index in [9.17, 15) is 4.79 Å². The smallest absolute Gasteiger partial charge is 0.253 e. The Morgan fingerprint density at radius 3 is 2.50 bits per heavy atom. The number of halogens is 1. The molecule has 18 heavy (non-hydrogen) atoms. The molecule has 4 heteroatoms. The van der Waals surface area contributed by atoms with Crippen LogP contribution < -0.4 is 4.74 Å². The minimum atomic E-state index is 0.0516. The van der Waals surface area contributed by atoms with Crippen molar-refractivity contribution in [3.05, 3.63) is 29.8 Å². The van der Waals surface area contributed by atoms with E-state index in [-0.39, 0.29) is 5.91 Å². The van der Waals surface area contributed by atoms with Gasteiger partial charge in [-0.1, -0.05) is 0 Å². The number of ether oxygens (including phenoxy) is 1. The predicted octanol–water partition coefficient (Wildman–Crippen LogP) is 2.78. The summed E-state index contributed by atoms with van der Waals surface area (Å²) >= 11 is 5.94. The number of carbonyl (C=O) groups is 1. The summed E-state index contributed by atoms with van der Waals surface area (Å²) in [6, 6.07) is 7.20. The van der Waals surface area contributed by atoms with E-state index in [1.54, 1.807) is 36.3 Å². The summed E-state index contributed by atoms with van der Waals surface area (Å²) in [7, 11) is 3.45. The van der Waals surface area contributed by atoms with Gasteiger partial charge in [-0.05, 0) is 43.0 Å². The van der Waals surface area contributed by atoms with Crippen LogP contribution in [0.25, 0.3) is 0 Å². The zero-order valence-electron chi connectivity index (χ0n) is 10.7. The summed E-state index contributed by atoms with van der Waals surface area (Å²) < 4.78 is 5.07. The van der Waals surface area contributed by atoms with Gasteiger partial charge in [-0.15, -0.1) is 11.6 Å². The molecule has 0 radical (unpaired) electrons. The molecule has 0 atom stereocenters. The molecule has 1 aliphatic carbocycles. The third-order valence-electron chi connectivity index (χ3n) is 3.39. The van der Waals surface area contributed by atoms with Crippen molar-refractivity contribution in [3.8, 4) is 5.75 Å². The van der Waals surface area contributed by atoms with Gasteiger partial charge in [0.2, 0.25) is 0 Å². The number of alkyl halides is 1. The monoisotopic (exact) mass is 267 g/mol. The van der Waals surface area contributed by atoms with Crippen LogP contribution in [-0.2, 0) is 0 Å². The second-order valence-corrected chi connectivity index (χ2v) is 5.47. The van der Waals surface area contributed by atoms with Gasteiger partial charge >= 0.3 is 0 Å². The second kappa shape index (κ2) is 5.61. The highest BCUT2D eigenvalue weighted by Crippen LogP contribution is 2.32. The molecule has 0 saturated heterocycles. The van der Waals surface area contributed by atoms with Crippen molar-refractivity contribution in [2.75, 3.05) is 20.7 Å². The molecule has 1 aromatic carbocycles. The van der Waals surface area contributed by atoms with Gasteiger partial charge in [0.25, 0.3) is 5.91 Å². The van der Waals surface area contributed by atoms with Gasteiger partial charge in [-0.2, -0.15) is 0 Å². The number of methoxy groups -OCH3 is 1. The van der Waals surface area contributed by atoms with Gasteiger partial charge in [0.1, 0.15) is 5.75 Å². The summed E-state index contributed by atoms with van der Waals surface area (Å²) in [6.07, 6.45) is 2.03. The highest BCUT2D eigenvalue weighted by atomic mass is 35.5. The minimum Gasteiger partial charge on any atom is -0.497 e. The van der Waals surface area contributed by atoms with Crippen LogP contribution in [0.3, 0.4) is 0 Å². The SMILES string of the molecule is COc1ccc(C(=O)N(C)CC2CC(Cl)C2)cc1. The number of amides is 1. The van der Waals surface area contributed by atoms with Gasteiger partial charge < -0.3 is 9.64 Å². The number of benzene rings is 1. The average molecular weight is 268 g/mol. The molecule has 1 fully saturated rings. The standard InChI is InChI=1S/C14H18ClNO2/c1-16(9-10-7-12(15)8-10)14(17)11-3-5-13(18-2)6-4-11/h3-6,10,12H,7-9H2,1-2H3. The fourth-order valence-electron chi connectivity index (χ4n) is 2.23. The van der Waals surface area contributed by atoms with E-state index >= 15 is 0 Å². The Hall–Kier alpha value is -1.22. The van der Waals surface area contributed by atoms with Crippen LogP contribution in [0.2, 0.25) is 0 Å². The molecule has 98 valence electrons. The first-order valence-electron chi connectivity index (χ1n) is 6.13. The van der Waals surface area contributed by atoms with Crippen LogP contribution in [0.15, 0.2) is 24.3 Å². The van der Waals surface area contributed by atoms with Gasteiger partial charge in [0.15, 0.2) is 0 Å². The first-order chi connectivity index (χ1) is 8.60. The molecule has 1 amide bonds. The number of hydrogen-bond donors (Lipinski definition) is 0. The largest absolute Gasteiger partial charge is 0.497 e. The first-order valence-corrected chi connectivity index (χ1v) is 6.57. The molecule has 0 aromatic heterocycles. The van der Waals surface area contributed by atoms with Crippen molar-refractivity contribution >= 4 is 17.5 Å². The molecule has 1 aromatic rings. The van der Waals surface area contributed by atoms with Crippen molar-refractivity contribution in [2.24, 2.45) is 5.92 Å². The maximum atomic E-state index is 12.2. The van der Waals surface area contributed by atoms with E-state index < -0.39 is 0 Å². The Morgan fingerprint density at radius 2 is 2.00 bits per heavy atom. The van der Waals surface area contributed by atoms with Crippen molar-refractivity contribution in [1.82, 2.24) is 4.90 Å². The average Bonchev–Trinajstić information content (AvgIpc) is 2.36. The van der Waals surface area contributed by atoms with E-state index in [1.165, 1.54) is 0 Å². The number of carbonyl (C=O) groups excluding carboxylic acids is 1. The Balaban J connectivity index is 1.92. The third kappa shape index (κ3) is 2.96. The van der Waals surface area contributed by atoms with Crippen LogP contribution >= 0.6 is 11.6 Å². The predicted molar refractivity (Wildman–Crippen MR) is 72.3 cm³/mol. The fourth-order valence-corrected chi connectivity index (χ4v) is 2.73. The summed E-state index contributed by atoms with van der Waals surface area (Å²) in [5, 5.41) is 0.305. The quantitative estimate of drug-likeness (QED) is 0.785. The van der Waals surface area contributed by atoms with Gasteiger partial charge in [0.05, 0.1) is 7.11 Å². The number of hydrogen-bond acceptors (Lipinski definition) is 2. The van der Waals surface area contributed by atoms with Crippen LogP contribution in [0.1, 0.15) is 23.2 Å². The molecule has 0 heterocycles. The Morgan fingerprint density at radius 1 is 1.39 bits per heavy atom. The molecule has 0 aliphatic heterocycles. The Bertz CT molecular complexity index is 412. The van der Waals surface area contributed by atoms with Gasteiger partial charge in [-0.25, -0.2) is 0 Å². The Kier molecular flexibility index (Phi) is 4.12. The van der Waals surface area contributed by atoms with Crippen LogP contribution in [0.5, 0.6) is 5.75 Å². The summed E-state index contributed by atoms with van der Waals surface area (Å²) in [5.41, 5.74) is 0.694. The molecule has 0 N–H and O–H groups in total. The molecule has 1 saturated carbocycles. The van der Waals surface area contributed by atoms with Crippen molar-refractivity contribution < 1.29 is 9.53 Å². The van der Waals surface area contributed by atoms with Crippen LogP contribution in [0.4, 0.5) is 0 Å². The normalized spacial score (nSPS) is 22.2. The molecule has 0 bridgehead atoms. The lowest BCUT2D eigenvalue weighted by Crippen LogP contribution is -2.37. The zero-order chi connectivity index (χ0) is 13.1.